The number of hydrogen-bond acceptors (Lipinski definition) is 4. The summed E-state index contributed by atoms with van der Waals surface area (Å²) in [4.78, 5) is 11.7. The number of hydrogen-bond donors (Lipinski definition) is 3. The molecular weight excluding hydrogens is 330 g/mol. The fraction of sp³-hybridized carbons (Fsp3) is 0.476. The predicted octanol–water partition coefficient (Wildman–Crippen LogP) is 3.25. The van der Waals surface area contributed by atoms with Crippen molar-refractivity contribution in [3.8, 4) is 0 Å². The highest BCUT2D eigenvalue weighted by Crippen LogP contribution is 2.35. The van der Waals surface area contributed by atoms with Gasteiger partial charge in [-0.25, -0.2) is 4.79 Å². The van der Waals surface area contributed by atoms with Crippen LogP contribution in [0.15, 0.2) is 30.3 Å². The van der Waals surface area contributed by atoms with Crippen molar-refractivity contribution in [1.82, 2.24) is 5.32 Å². The van der Waals surface area contributed by atoms with Gasteiger partial charge in [-0.3, -0.25) is 0 Å². The minimum atomic E-state index is -1.000. The van der Waals surface area contributed by atoms with Crippen LogP contribution in [0.4, 0.5) is 4.79 Å². The Kier molecular flexibility index (Phi) is 5.21. The second-order valence-corrected chi connectivity index (χ2v) is 7.88. The largest absolute Gasteiger partial charge is 0.444 e. The van der Waals surface area contributed by atoms with Gasteiger partial charge < -0.3 is 20.3 Å². The van der Waals surface area contributed by atoms with E-state index in [1.54, 1.807) is 20.8 Å². The Morgan fingerprint density at radius 1 is 1.15 bits per heavy atom. The Morgan fingerprint density at radius 2 is 1.85 bits per heavy atom. The summed E-state index contributed by atoms with van der Waals surface area (Å²) in [7, 11) is 0. The molecule has 0 radical (unpaired) electrons. The lowest BCUT2D eigenvalue weighted by molar-refractivity contribution is 0.0131. The maximum Gasteiger partial charge on any atom is 0.407 e. The van der Waals surface area contributed by atoms with Crippen LogP contribution in [0.1, 0.15) is 50.0 Å². The van der Waals surface area contributed by atoms with Crippen molar-refractivity contribution in [1.29, 1.82) is 0 Å². The van der Waals surface area contributed by atoms with Gasteiger partial charge in [0.05, 0.1) is 6.10 Å². The molecule has 1 amide bonds. The molecule has 3 N–H and O–H groups in total. The van der Waals surface area contributed by atoms with Gasteiger partial charge in [0, 0.05) is 6.54 Å². The van der Waals surface area contributed by atoms with Crippen LogP contribution in [0.25, 0.3) is 10.8 Å². The zero-order chi connectivity index (χ0) is 18.9. The van der Waals surface area contributed by atoms with Crippen LogP contribution >= 0.6 is 0 Å². The molecule has 5 nitrogen and oxygen atoms in total. The normalized spacial score (nSPS) is 15.7. The van der Waals surface area contributed by atoms with Crippen molar-refractivity contribution >= 4 is 16.9 Å². The smallest absolute Gasteiger partial charge is 0.407 e. The van der Waals surface area contributed by atoms with Gasteiger partial charge in [-0.2, -0.15) is 0 Å². The van der Waals surface area contributed by atoms with E-state index >= 15 is 0 Å². The maximum atomic E-state index is 11.7. The minimum absolute atomic E-state index is 0.231. The van der Waals surface area contributed by atoms with Crippen LogP contribution in [0.3, 0.4) is 0 Å². The Morgan fingerprint density at radius 3 is 2.54 bits per heavy atom. The summed E-state index contributed by atoms with van der Waals surface area (Å²) in [5, 5.41) is 25.9. The average molecular weight is 357 g/mol. The highest BCUT2D eigenvalue weighted by molar-refractivity contribution is 5.93. The summed E-state index contributed by atoms with van der Waals surface area (Å²) in [5.41, 5.74) is 2.77. The quantitative estimate of drug-likeness (QED) is 0.767. The van der Waals surface area contributed by atoms with Crippen LogP contribution in [0, 0.1) is 0 Å². The summed E-state index contributed by atoms with van der Waals surface area (Å²) in [6.07, 6.45) is -0.208. The second-order valence-electron chi connectivity index (χ2n) is 7.88. The number of amides is 1. The number of ether oxygens (including phenoxy) is 1. The Labute approximate surface area is 154 Å². The lowest BCUT2D eigenvalue weighted by atomic mass is 9.93. The monoisotopic (exact) mass is 357 g/mol. The van der Waals surface area contributed by atoms with Gasteiger partial charge in [-0.05, 0) is 67.5 Å². The van der Waals surface area contributed by atoms with Gasteiger partial charge >= 0.3 is 6.09 Å². The van der Waals surface area contributed by atoms with Gasteiger partial charge in [-0.15, -0.1) is 0 Å². The van der Waals surface area contributed by atoms with E-state index in [1.165, 1.54) is 16.5 Å². The van der Waals surface area contributed by atoms with Crippen molar-refractivity contribution in [3.05, 3.63) is 47.0 Å². The lowest BCUT2D eigenvalue weighted by Gasteiger charge is -2.22. The van der Waals surface area contributed by atoms with Crippen LogP contribution in [0.5, 0.6) is 0 Å². The van der Waals surface area contributed by atoms with Gasteiger partial charge in [0.25, 0.3) is 0 Å². The predicted molar refractivity (Wildman–Crippen MR) is 101 cm³/mol. The fourth-order valence-electron chi connectivity index (χ4n) is 3.53. The fourth-order valence-corrected chi connectivity index (χ4v) is 3.53. The van der Waals surface area contributed by atoms with Gasteiger partial charge in [-0.1, -0.05) is 30.3 Å². The molecule has 1 aliphatic rings. The molecular formula is C21H27NO4. The number of benzene rings is 2. The minimum Gasteiger partial charge on any atom is -0.444 e. The van der Waals surface area contributed by atoms with E-state index in [1.807, 2.05) is 24.3 Å². The van der Waals surface area contributed by atoms with Crippen LogP contribution in [0.2, 0.25) is 0 Å². The van der Waals surface area contributed by atoms with E-state index in [9.17, 15) is 15.0 Å². The lowest BCUT2D eigenvalue weighted by Crippen LogP contribution is -2.34. The SMILES string of the molecule is CC(C)(C)OC(=O)NCCC(O)C(O)c1ccc2c3c(cccc13)CC2. The molecule has 2 aromatic carbocycles. The number of aliphatic hydroxyl groups excluding tert-OH is 2. The number of carbonyl (C=O) groups is 1. The van der Waals surface area contributed by atoms with E-state index in [4.69, 9.17) is 4.74 Å². The first-order chi connectivity index (χ1) is 12.3. The van der Waals surface area contributed by atoms with Crippen molar-refractivity contribution in [2.45, 2.75) is 57.8 Å². The number of alkyl carbamates (subject to hydrolysis) is 1. The number of aliphatic hydroxyl groups is 2. The highest BCUT2D eigenvalue weighted by atomic mass is 16.6. The van der Waals surface area contributed by atoms with Crippen molar-refractivity contribution in [2.24, 2.45) is 0 Å². The first kappa shape index (κ1) is 18.7. The molecule has 0 aromatic heterocycles. The highest BCUT2D eigenvalue weighted by Gasteiger charge is 2.24. The molecule has 1 aliphatic carbocycles. The second kappa shape index (κ2) is 7.25. The van der Waals surface area contributed by atoms with Crippen molar-refractivity contribution in [3.63, 3.8) is 0 Å². The Bertz CT molecular complexity index is 799. The standard InChI is InChI=1S/C21H27NO4/c1-21(2,3)26-20(25)22-12-11-17(23)19(24)16-10-9-14-8-7-13-5-4-6-15(16)18(13)14/h4-6,9-10,17,19,23-24H,7-8,11-12H2,1-3H3,(H,22,25). The molecule has 0 saturated carbocycles. The molecule has 0 fully saturated rings. The van der Waals surface area contributed by atoms with E-state index < -0.39 is 23.9 Å². The molecule has 0 saturated heterocycles. The number of carbonyl (C=O) groups excluding carboxylic acids is 1. The third-order valence-corrected chi connectivity index (χ3v) is 4.70. The van der Waals surface area contributed by atoms with E-state index in [0.29, 0.717) is 0 Å². The Balaban J connectivity index is 1.66. The van der Waals surface area contributed by atoms with Gasteiger partial charge in [0.15, 0.2) is 0 Å². The molecule has 5 heteroatoms. The van der Waals surface area contributed by atoms with E-state index in [2.05, 4.69) is 11.4 Å². The van der Waals surface area contributed by atoms with E-state index in [-0.39, 0.29) is 13.0 Å². The van der Waals surface area contributed by atoms with Gasteiger partial charge in [0.2, 0.25) is 0 Å². The zero-order valence-corrected chi connectivity index (χ0v) is 15.6. The van der Waals surface area contributed by atoms with Crippen molar-refractivity contribution < 1.29 is 19.7 Å². The van der Waals surface area contributed by atoms with Crippen LogP contribution < -0.4 is 5.32 Å². The molecule has 26 heavy (non-hydrogen) atoms. The number of aryl methyl sites for hydroxylation is 2. The molecule has 2 unspecified atom stereocenters. The molecule has 0 spiro atoms. The molecule has 0 aliphatic heterocycles. The van der Waals surface area contributed by atoms with Crippen LogP contribution in [-0.4, -0.2) is 34.6 Å². The van der Waals surface area contributed by atoms with Crippen LogP contribution in [-0.2, 0) is 17.6 Å². The molecule has 3 rings (SSSR count). The Hall–Kier alpha value is -2.11. The molecule has 0 bridgehead atoms. The third kappa shape index (κ3) is 4.00. The van der Waals surface area contributed by atoms with Crippen molar-refractivity contribution in [2.75, 3.05) is 6.54 Å². The first-order valence-corrected chi connectivity index (χ1v) is 9.12. The summed E-state index contributed by atoms with van der Waals surface area (Å²) in [5.74, 6) is 0. The summed E-state index contributed by atoms with van der Waals surface area (Å²) >= 11 is 0. The zero-order valence-electron chi connectivity index (χ0n) is 15.6. The maximum absolute atomic E-state index is 11.7. The van der Waals surface area contributed by atoms with E-state index in [0.717, 1.165) is 23.8 Å². The number of nitrogens with one attached hydrogen (secondary N) is 1. The molecule has 0 heterocycles. The number of rotatable bonds is 5. The molecule has 2 atom stereocenters. The third-order valence-electron chi connectivity index (χ3n) is 4.70. The molecule has 2 aromatic rings. The molecule has 140 valence electrons. The summed E-state index contributed by atoms with van der Waals surface area (Å²) < 4.78 is 5.16. The van der Waals surface area contributed by atoms with Gasteiger partial charge in [0.1, 0.15) is 11.7 Å². The first-order valence-electron chi connectivity index (χ1n) is 9.12. The summed E-state index contributed by atoms with van der Waals surface area (Å²) in [6.45, 7) is 5.61. The topological polar surface area (TPSA) is 78.8 Å². The average Bonchev–Trinajstić information content (AvgIpc) is 2.98. The summed E-state index contributed by atoms with van der Waals surface area (Å²) in [6, 6.07) is 10.1.